The molecule has 6 nitrogen and oxygen atoms in total. The number of carboxylic acids is 1. The first-order chi connectivity index (χ1) is 9.70. The largest absolute Gasteiger partial charge is 0.476 e. The smallest absolute Gasteiger partial charge is 0.356 e. The number of pyridine rings is 1. The Morgan fingerprint density at radius 2 is 2.30 bits per heavy atom. The number of anilines is 1. The van der Waals surface area contributed by atoms with Crippen LogP contribution in [0.5, 0.6) is 0 Å². The molecule has 6 heteroatoms. The van der Waals surface area contributed by atoms with E-state index in [0.29, 0.717) is 11.5 Å². The highest BCUT2D eigenvalue weighted by atomic mass is 16.4. The minimum Gasteiger partial charge on any atom is -0.476 e. The van der Waals surface area contributed by atoms with Gasteiger partial charge in [0.2, 0.25) is 0 Å². The van der Waals surface area contributed by atoms with Crippen LogP contribution in [0.3, 0.4) is 0 Å². The second-order valence-corrected chi connectivity index (χ2v) is 5.17. The third-order valence-corrected chi connectivity index (χ3v) is 3.95. The van der Waals surface area contributed by atoms with Crippen molar-refractivity contribution >= 4 is 17.4 Å². The number of nitrogens with one attached hydrogen (secondary N) is 1. The quantitative estimate of drug-likeness (QED) is 0.789. The molecule has 2 atom stereocenters. The fraction of sp³-hybridized carbons (Fsp3) is 0.429. The van der Waals surface area contributed by atoms with E-state index in [1.165, 1.54) is 0 Å². The maximum atomic E-state index is 11.5. The van der Waals surface area contributed by atoms with Crippen molar-refractivity contribution in [2.75, 3.05) is 11.9 Å². The zero-order valence-corrected chi connectivity index (χ0v) is 11.0. The highest BCUT2D eigenvalue weighted by molar-refractivity contribution is 5.93. The van der Waals surface area contributed by atoms with Gasteiger partial charge >= 0.3 is 5.97 Å². The van der Waals surface area contributed by atoms with Crippen molar-refractivity contribution < 1.29 is 15.0 Å². The van der Waals surface area contributed by atoms with Gasteiger partial charge in [-0.25, -0.2) is 9.78 Å². The maximum absolute atomic E-state index is 11.5. The van der Waals surface area contributed by atoms with Gasteiger partial charge < -0.3 is 15.5 Å². The Bertz CT molecular complexity index is 638. The summed E-state index contributed by atoms with van der Waals surface area (Å²) in [4.78, 5) is 15.8. The summed E-state index contributed by atoms with van der Waals surface area (Å²) in [6, 6.07) is 5.46. The fourth-order valence-corrected chi connectivity index (χ4v) is 2.92. The first-order valence-electron chi connectivity index (χ1n) is 6.78. The van der Waals surface area contributed by atoms with E-state index >= 15 is 0 Å². The summed E-state index contributed by atoms with van der Waals surface area (Å²) >= 11 is 0. The minimum absolute atomic E-state index is 0.0861. The average Bonchev–Trinajstić information content (AvgIpc) is 3.02. The summed E-state index contributed by atoms with van der Waals surface area (Å²) in [7, 11) is 0. The van der Waals surface area contributed by atoms with E-state index in [1.54, 1.807) is 22.7 Å². The van der Waals surface area contributed by atoms with E-state index in [2.05, 4.69) is 10.3 Å². The standard InChI is InChI=1S/C14H17N3O3/c18-8-9-4-3-5-10(9)15-13-12(14(19)20)17-7-2-1-6-11(17)16-13/h1-2,6-7,9-10,15,18H,3-5,8H2,(H,19,20). The normalized spacial score (nSPS) is 22.2. The molecule has 1 aliphatic rings. The van der Waals surface area contributed by atoms with Crippen LogP contribution in [0.2, 0.25) is 0 Å². The topological polar surface area (TPSA) is 86.9 Å². The number of nitrogens with zero attached hydrogens (tertiary/aromatic N) is 2. The number of imidazole rings is 1. The second kappa shape index (κ2) is 5.13. The molecule has 3 N–H and O–H groups in total. The lowest BCUT2D eigenvalue weighted by Gasteiger charge is -2.19. The number of aliphatic hydroxyl groups excluding tert-OH is 1. The molecular weight excluding hydrogens is 258 g/mol. The van der Waals surface area contributed by atoms with E-state index in [0.717, 1.165) is 19.3 Å². The van der Waals surface area contributed by atoms with E-state index in [-0.39, 0.29) is 24.3 Å². The molecular formula is C14H17N3O3. The molecule has 1 fully saturated rings. The summed E-state index contributed by atoms with van der Waals surface area (Å²) in [5, 5.41) is 22.0. The van der Waals surface area contributed by atoms with Gasteiger partial charge in [0.15, 0.2) is 11.5 Å². The predicted molar refractivity (Wildman–Crippen MR) is 74.0 cm³/mol. The van der Waals surface area contributed by atoms with Gasteiger partial charge in [-0.2, -0.15) is 0 Å². The number of aromatic nitrogens is 2. The summed E-state index contributed by atoms with van der Waals surface area (Å²) in [5.41, 5.74) is 0.745. The average molecular weight is 275 g/mol. The number of rotatable bonds is 4. The molecule has 0 aliphatic heterocycles. The van der Waals surface area contributed by atoms with Crippen molar-refractivity contribution in [1.29, 1.82) is 0 Å². The van der Waals surface area contributed by atoms with Crippen molar-refractivity contribution in [2.45, 2.75) is 25.3 Å². The number of hydrogen-bond acceptors (Lipinski definition) is 4. The van der Waals surface area contributed by atoms with Crippen LogP contribution in [0.15, 0.2) is 24.4 Å². The molecule has 1 saturated carbocycles. The van der Waals surface area contributed by atoms with Crippen molar-refractivity contribution in [3.8, 4) is 0 Å². The molecule has 1 aliphatic carbocycles. The minimum atomic E-state index is -1.01. The van der Waals surface area contributed by atoms with Crippen LogP contribution in [-0.4, -0.2) is 38.2 Å². The molecule has 3 rings (SSSR count). The van der Waals surface area contributed by atoms with Crippen LogP contribution >= 0.6 is 0 Å². The Balaban J connectivity index is 1.98. The number of fused-ring (bicyclic) bond motifs is 1. The van der Waals surface area contributed by atoms with Crippen LogP contribution in [0.4, 0.5) is 5.82 Å². The molecule has 2 unspecified atom stereocenters. The van der Waals surface area contributed by atoms with Gasteiger partial charge in [0.25, 0.3) is 0 Å². The molecule has 106 valence electrons. The first-order valence-corrected chi connectivity index (χ1v) is 6.78. The third kappa shape index (κ3) is 2.12. The predicted octanol–water partition coefficient (Wildman–Crippen LogP) is 1.61. The van der Waals surface area contributed by atoms with Gasteiger partial charge in [-0.3, -0.25) is 4.40 Å². The maximum Gasteiger partial charge on any atom is 0.356 e. The van der Waals surface area contributed by atoms with Crippen LogP contribution in [0.1, 0.15) is 29.8 Å². The number of aromatic carboxylic acids is 1. The Labute approximate surface area is 116 Å². The highest BCUT2D eigenvalue weighted by Crippen LogP contribution is 2.29. The Kier molecular flexibility index (Phi) is 3.31. The van der Waals surface area contributed by atoms with E-state index in [9.17, 15) is 15.0 Å². The summed E-state index contributed by atoms with van der Waals surface area (Å²) in [6.45, 7) is 0.118. The monoisotopic (exact) mass is 275 g/mol. The number of hydrogen-bond donors (Lipinski definition) is 3. The molecule has 0 spiro atoms. The lowest BCUT2D eigenvalue weighted by Crippen LogP contribution is -2.27. The van der Waals surface area contributed by atoms with Crippen LogP contribution in [0, 0.1) is 5.92 Å². The molecule has 0 aromatic carbocycles. The SMILES string of the molecule is O=C(O)c1c(NC2CCCC2CO)nc2ccccn12. The highest BCUT2D eigenvalue weighted by Gasteiger charge is 2.29. The van der Waals surface area contributed by atoms with Gasteiger partial charge in [-0.1, -0.05) is 12.5 Å². The van der Waals surface area contributed by atoms with Crippen molar-refractivity contribution in [3.05, 3.63) is 30.1 Å². The van der Waals surface area contributed by atoms with Crippen LogP contribution < -0.4 is 5.32 Å². The molecule has 0 saturated heterocycles. The van der Waals surface area contributed by atoms with E-state index < -0.39 is 5.97 Å². The lowest BCUT2D eigenvalue weighted by molar-refractivity contribution is 0.0690. The Morgan fingerprint density at radius 3 is 3.05 bits per heavy atom. The molecule has 2 aromatic heterocycles. The molecule has 2 aromatic rings. The molecule has 20 heavy (non-hydrogen) atoms. The second-order valence-electron chi connectivity index (χ2n) is 5.17. The van der Waals surface area contributed by atoms with E-state index in [1.807, 2.05) is 6.07 Å². The zero-order chi connectivity index (χ0) is 14.1. The van der Waals surface area contributed by atoms with E-state index in [4.69, 9.17) is 0 Å². The summed E-state index contributed by atoms with van der Waals surface area (Å²) in [6.07, 6.45) is 4.62. The zero-order valence-electron chi connectivity index (χ0n) is 11.0. The van der Waals surface area contributed by atoms with Gasteiger partial charge in [0, 0.05) is 24.8 Å². The lowest BCUT2D eigenvalue weighted by atomic mass is 10.1. The van der Waals surface area contributed by atoms with Crippen LogP contribution in [0.25, 0.3) is 5.65 Å². The molecule has 0 amide bonds. The first kappa shape index (κ1) is 12.9. The van der Waals surface area contributed by atoms with Crippen molar-refractivity contribution in [1.82, 2.24) is 9.38 Å². The third-order valence-electron chi connectivity index (χ3n) is 3.95. The van der Waals surface area contributed by atoms with Gasteiger partial charge in [-0.05, 0) is 25.0 Å². The molecule has 0 bridgehead atoms. The van der Waals surface area contributed by atoms with Gasteiger partial charge in [0.1, 0.15) is 5.65 Å². The molecule has 2 heterocycles. The van der Waals surface area contributed by atoms with Gasteiger partial charge in [0.05, 0.1) is 0 Å². The Morgan fingerprint density at radius 1 is 1.45 bits per heavy atom. The number of carboxylic acid groups (broad SMARTS) is 1. The van der Waals surface area contributed by atoms with Crippen LogP contribution in [-0.2, 0) is 0 Å². The number of carbonyl (C=O) groups is 1. The number of aliphatic hydroxyl groups is 1. The fourth-order valence-electron chi connectivity index (χ4n) is 2.92. The van der Waals surface area contributed by atoms with Crippen molar-refractivity contribution in [2.24, 2.45) is 5.92 Å². The van der Waals surface area contributed by atoms with Gasteiger partial charge in [-0.15, -0.1) is 0 Å². The Hall–Kier alpha value is -2.08. The van der Waals surface area contributed by atoms with Crippen molar-refractivity contribution in [3.63, 3.8) is 0 Å². The summed E-state index contributed by atoms with van der Waals surface area (Å²) in [5.74, 6) is -0.458. The summed E-state index contributed by atoms with van der Waals surface area (Å²) < 4.78 is 1.56. The molecule has 0 radical (unpaired) electrons.